The quantitative estimate of drug-likeness (QED) is 0.108. The maximum atomic E-state index is 11.2. The SMILES string of the molecule is [2H]c1c2cc(c([2H])c1[2H])N(c1c(-c3ccccc3)cccc1-c1ccccc1)c1cc(c([2H])c([2H])c1[2H])Oc1cc(c([2H])c(N(c3cc(N(c4c(-c5ccccc5)cccc4-c4ccccc4)c4c([2H])c([2H])c([2H])c(-n5c6c([2H])c([2H])c([2H])c([2H])c6c6c([2H])c([2H])c([2H])c([2H])c65)c4[2H])cc(C(C)(C)C)c3)c3c(-c4ccccc4)cccc3-c3ccccc3)c1[2H])O2. The molecule has 0 radical (unpaired) electrons. The molecule has 17 aromatic rings. The Morgan fingerprint density at radius 2 is 0.651 bits per heavy atom. The van der Waals surface area contributed by atoms with Crippen molar-refractivity contribution in [2.24, 2.45) is 0 Å². The monoisotopic (exact) mass is 1380 g/mol. The topological polar surface area (TPSA) is 33.1 Å². The van der Waals surface area contributed by atoms with Crippen molar-refractivity contribution in [2.75, 3.05) is 14.7 Å². The third-order valence-electron chi connectivity index (χ3n) is 18.8. The number of fused-ring (bicyclic) bond motifs is 9. The van der Waals surface area contributed by atoms with Gasteiger partial charge in [-0.3, -0.25) is 0 Å². The largest absolute Gasteiger partial charge is 0.457 e. The van der Waals surface area contributed by atoms with Gasteiger partial charge in [-0.2, -0.15) is 0 Å². The molecular formula is C100H74N4O2. The Bertz CT molecular complexity index is 6990. The van der Waals surface area contributed by atoms with E-state index < -0.39 is 149 Å². The first-order valence-corrected chi connectivity index (χ1v) is 34.7. The van der Waals surface area contributed by atoms with Crippen molar-refractivity contribution < 1.29 is 36.9 Å². The maximum absolute atomic E-state index is 11.2. The summed E-state index contributed by atoms with van der Waals surface area (Å²) < 4.78 is 214. The lowest BCUT2D eigenvalue weighted by atomic mass is 9.85. The summed E-state index contributed by atoms with van der Waals surface area (Å²) in [6.45, 7) is 5.88. The number of anilines is 9. The Balaban J connectivity index is 0.995. The number of aromatic nitrogens is 1. The van der Waals surface area contributed by atoms with E-state index in [-0.39, 0.29) is 67.9 Å². The van der Waals surface area contributed by atoms with Crippen molar-refractivity contribution in [1.29, 1.82) is 0 Å². The number of benzene rings is 16. The molecule has 106 heavy (non-hydrogen) atoms. The number of rotatable bonds is 14. The predicted molar refractivity (Wildman–Crippen MR) is 443 cm³/mol. The van der Waals surface area contributed by atoms with E-state index in [2.05, 4.69) is 0 Å². The number of hydrogen-bond acceptors (Lipinski definition) is 5. The minimum atomic E-state index is -0.956. The second-order valence-electron chi connectivity index (χ2n) is 26.5. The van der Waals surface area contributed by atoms with Gasteiger partial charge in [-0.05, 0) is 117 Å². The van der Waals surface area contributed by atoms with Crippen molar-refractivity contribution in [3.05, 3.63) is 399 Å². The second kappa shape index (κ2) is 27.6. The van der Waals surface area contributed by atoms with Crippen LogP contribution in [0.3, 0.4) is 0 Å². The van der Waals surface area contributed by atoms with Gasteiger partial charge >= 0.3 is 0 Å². The van der Waals surface area contributed by atoms with E-state index in [0.717, 1.165) is 4.57 Å². The van der Waals surface area contributed by atoms with Gasteiger partial charge in [-0.1, -0.05) is 312 Å². The fraction of sp³-hybridized carbons (Fsp3) is 0.0400. The fourth-order valence-electron chi connectivity index (χ4n) is 14.0. The van der Waals surface area contributed by atoms with Crippen LogP contribution in [0.25, 0.3) is 94.3 Å². The standard InChI is InChI=1S/C100H74N4O2/c1-100(2,3)75-60-80(102(98-89(71-36-14-6-15-37-71)54-30-55-90(98)72-38-16-7-17-39-72)76-44-26-45-77(62-76)104-95-58-24-22-50-93(95)94-51-23-25-59-96(94)104)63-81(61-75)103(99-91(73-40-18-8-19-41-73)56-31-57-92(99)74-42-20-9-21-43-74)82-66-85-68-86(67-82)106-84-49-28-47-79(65-84)101(78-46-27-48-83(64-78)105-85)97-87(69-32-10-4-11-33-69)52-29-53-88(97)70-34-12-5-13-35-70/h4-68H,1-3H3/i22D,23D,24D,25D,26D,27D,28D,44D,45D,46D,47D,48D,49D,50D,51D,58D,59D,62D,66D,67D. The molecule has 1 aliphatic rings. The van der Waals surface area contributed by atoms with Gasteiger partial charge in [-0.25, -0.2) is 0 Å². The molecule has 0 saturated carbocycles. The lowest BCUT2D eigenvalue weighted by Gasteiger charge is -2.35. The molecule has 506 valence electrons. The molecule has 16 aromatic carbocycles. The molecule has 0 amide bonds. The lowest BCUT2D eigenvalue weighted by molar-refractivity contribution is 0.460. The molecule has 0 saturated heterocycles. The van der Waals surface area contributed by atoms with Crippen LogP contribution in [0.4, 0.5) is 51.2 Å². The Morgan fingerprint density at radius 1 is 0.292 bits per heavy atom. The summed E-state index contributed by atoms with van der Waals surface area (Å²) in [5.74, 6) is -1.48. The third kappa shape index (κ3) is 12.3. The van der Waals surface area contributed by atoms with Crippen molar-refractivity contribution in [3.8, 4) is 95.4 Å². The predicted octanol–water partition coefficient (Wildman–Crippen LogP) is 28.4. The zero-order valence-electron chi connectivity index (χ0n) is 77.6. The molecule has 2 heterocycles. The minimum Gasteiger partial charge on any atom is -0.457 e. The van der Waals surface area contributed by atoms with Crippen LogP contribution in [0.1, 0.15) is 53.7 Å². The van der Waals surface area contributed by atoms with E-state index in [1.165, 1.54) is 18.2 Å². The highest BCUT2D eigenvalue weighted by atomic mass is 16.5. The van der Waals surface area contributed by atoms with E-state index >= 15 is 0 Å². The van der Waals surface area contributed by atoms with Gasteiger partial charge in [0.1, 0.15) is 23.0 Å². The van der Waals surface area contributed by atoms with E-state index in [0.29, 0.717) is 83.7 Å². The molecule has 18 rings (SSSR count). The Hall–Kier alpha value is -13.7. The number of hydrogen-bond donors (Lipinski definition) is 0. The summed E-state index contributed by atoms with van der Waals surface area (Å²) in [4.78, 5) is 4.87. The number of nitrogens with zero attached hydrogens (tertiary/aromatic N) is 4. The molecule has 6 nitrogen and oxygen atoms in total. The molecule has 1 aliphatic heterocycles. The Morgan fingerprint density at radius 3 is 1.06 bits per heavy atom. The van der Waals surface area contributed by atoms with Crippen LogP contribution < -0.4 is 24.2 Å². The smallest absolute Gasteiger partial charge is 0.133 e. The van der Waals surface area contributed by atoms with Crippen molar-refractivity contribution in [1.82, 2.24) is 4.57 Å². The van der Waals surface area contributed by atoms with E-state index in [1.807, 2.05) is 269 Å². The van der Waals surface area contributed by atoms with Gasteiger partial charge in [0, 0.05) is 109 Å². The van der Waals surface area contributed by atoms with E-state index in [1.54, 1.807) is 20.8 Å². The van der Waals surface area contributed by atoms with Crippen molar-refractivity contribution >= 4 is 73.0 Å². The van der Waals surface area contributed by atoms with Gasteiger partial charge in [0.25, 0.3) is 0 Å². The van der Waals surface area contributed by atoms with Crippen LogP contribution >= 0.6 is 0 Å². The molecular weight excluding hydrogens is 1290 g/mol. The van der Waals surface area contributed by atoms with Crippen LogP contribution in [-0.2, 0) is 5.41 Å². The average Bonchev–Trinajstić information content (AvgIpc) is 1.51. The molecule has 0 unspecified atom stereocenters. The zero-order valence-corrected chi connectivity index (χ0v) is 57.6. The summed E-state index contributed by atoms with van der Waals surface area (Å²) in [6, 6.07) is 69.1. The van der Waals surface area contributed by atoms with E-state index in [9.17, 15) is 21.9 Å². The lowest BCUT2D eigenvalue weighted by Crippen LogP contribution is -2.19. The highest BCUT2D eigenvalue weighted by Gasteiger charge is 2.31. The van der Waals surface area contributed by atoms with Gasteiger partial charge < -0.3 is 28.7 Å². The minimum absolute atomic E-state index is 0.108. The van der Waals surface area contributed by atoms with Crippen LogP contribution in [0.5, 0.6) is 23.0 Å². The number of para-hydroxylation sites is 5. The highest BCUT2D eigenvalue weighted by Crippen LogP contribution is 2.55. The first-order chi connectivity index (χ1) is 60.5. The molecule has 0 spiro atoms. The molecule has 0 atom stereocenters. The van der Waals surface area contributed by atoms with Gasteiger partial charge in [0.2, 0.25) is 0 Å². The number of ether oxygens (including phenoxy) is 2. The summed E-state index contributed by atoms with van der Waals surface area (Å²) >= 11 is 0. The zero-order chi connectivity index (χ0) is 88.5. The average molecular weight is 1380 g/mol. The molecule has 6 heteroatoms. The fourth-order valence-corrected chi connectivity index (χ4v) is 14.0. The Labute approximate surface area is 647 Å². The molecule has 6 bridgehead atoms. The molecule has 1 aromatic heterocycles. The summed E-state index contributed by atoms with van der Waals surface area (Å²) in [6.07, 6.45) is 0. The van der Waals surface area contributed by atoms with Crippen LogP contribution in [-0.4, -0.2) is 4.57 Å². The van der Waals surface area contributed by atoms with Gasteiger partial charge in [0.05, 0.1) is 61.2 Å². The third-order valence-corrected chi connectivity index (χ3v) is 18.8. The first-order valence-electron chi connectivity index (χ1n) is 44.7. The van der Waals surface area contributed by atoms with Crippen LogP contribution in [0, 0.1) is 0 Å². The normalized spacial score (nSPS) is 14.5. The molecule has 0 fully saturated rings. The summed E-state index contributed by atoms with van der Waals surface area (Å²) in [5.41, 5.74) is 5.49. The van der Waals surface area contributed by atoms with Crippen molar-refractivity contribution in [3.63, 3.8) is 0 Å². The first kappa shape index (κ1) is 46.0. The van der Waals surface area contributed by atoms with Crippen LogP contribution in [0.2, 0.25) is 0 Å². The summed E-state index contributed by atoms with van der Waals surface area (Å²) in [7, 11) is 0. The highest BCUT2D eigenvalue weighted by molar-refractivity contribution is 6.10. The Kier molecular flexibility index (Phi) is 12.0. The second-order valence-corrected chi connectivity index (χ2v) is 26.5. The maximum Gasteiger partial charge on any atom is 0.133 e. The molecule has 0 aliphatic carbocycles. The van der Waals surface area contributed by atoms with Gasteiger partial charge in [0.15, 0.2) is 0 Å². The summed E-state index contributed by atoms with van der Waals surface area (Å²) in [5, 5.41) is -0.717. The van der Waals surface area contributed by atoms with Gasteiger partial charge in [-0.15, -0.1) is 0 Å². The molecule has 0 N–H and O–H groups in total. The van der Waals surface area contributed by atoms with Crippen molar-refractivity contribution in [2.45, 2.75) is 26.2 Å². The van der Waals surface area contributed by atoms with E-state index in [4.69, 9.17) is 15.0 Å². The van der Waals surface area contributed by atoms with Crippen LogP contribution in [0.15, 0.2) is 394 Å².